The number of rotatable bonds is 13. The fourth-order valence-corrected chi connectivity index (χ4v) is 11.0. The summed E-state index contributed by atoms with van der Waals surface area (Å²) in [5.41, 5.74) is 1.40. The number of nitrogens with two attached hydrogens (primary N) is 1. The number of benzene rings is 4. The highest BCUT2D eigenvalue weighted by molar-refractivity contribution is 8.13. The molecule has 0 bridgehead atoms. The fraction of sp³-hybridized carbons (Fsp3) is 0.250. The van der Waals surface area contributed by atoms with E-state index in [1.807, 2.05) is 0 Å². The molecule has 0 aliphatic rings. The number of nitrogen functional groups attached to an aromatic ring is 1. The third kappa shape index (κ3) is 13.0. The first-order valence-corrected chi connectivity index (χ1v) is 25.0. The monoisotopic (exact) mass is 1040 g/mol. The molecule has 6 rings (SSSR count). The summed E-state index contributed by atoms with van der Waals surface area (Å²) >= 11 is 11.5. The van der Waals surface area contributed by atoms with Gasteiger partial charge in [-0.3, -0.25) is 19.6 Å². The van der Waals surface area contributed by atoms with Crippen LogP contribution in [0, 0.1) is 34.9 Å². The second-order valence-electron chi connectivity index (χ2n) is 13.4. The van der Waals surface area contributed by atoms with E-state index in [1.54, 1.807) is 6.92 Å². The molecule has 0 saturated heterocycles. The predicted octanol–water partition coefficient (Wildman–Crippen LogP) is 9.33. The zero-order valence-electron chi connectivity index (χ0n) is 33.7. The molecular weight excluding hydrogens is 1010 g/mol. The van der Waals surface area contributed by atoms with Crippen LogP contribution in [0.1, 0.15) is 79.3 Å². The summed E-state index contributed by atoms with van der Waals surface area (Å²) in [6.45, 7) is 4.64. The highest BCUT2D eigenvalue weighted by atomic mass is 35.7. The Kier molecular flexibility index (Phi) is 18.8. The van der Waals surface area contributed by atoms with Crippen LogP contribution in [0.3, 0.4) is 0 Å². The quantitative estimate of drug-likeness (QED) is 0.0375. The Morgan fingerprint density at radius 2 is 0.985 bits per heavy atom. The third-order valence-electron chi connectivity index (χ3n) is 8.40. The highest BCUT2D eigenvalue weighted by Crippen LogP contribution is 2.34. The van der Waals surface area contributed by atoms with Gasteiger partial charge in [-0.1, -0.05) is 51.4 Å². The molecular formula is C40H37Cl3F6N6O8S3. The summed E-state index contributed by atoms with van der Waals surface area (Å²) in [6, 6.07) is 8.15. The fourth-order valence-electron chi connectivity index (χ4n) is 5.69. The normalized spacial score (nSPS) is 11.5. The van der Waals surface area contributed by atoms with Crippen molar-refractivity contribution in [3.05, 3.63) is 128 Å². The maximum atomic E-state index is 15.6. The van der Waals surface area contributed by atoms with Crippen LogP contribution in [0.25, 0.3) is 22.1 Å². The number of carbonyl (C=O) groups is 2. The lowest BCUT2D eigenvalue weighted by atomic mass is 10.0. The average Bonchev–Trinajstić information content (AvgIpc) is 3.21. The molecule has 2 aromatic heterocycles. The summed E-state index contributed by atoms with van der Waals surface area (Å²) in [7, 11) is -7.85. The Morgan fingerprint density at radius 1 is 0.591 bits per heavy atom. The van der Waals surface area contributed by atoms with Crippen molar-refractivity contribution in [2.24, 2.45) is 0 Å². The maximum absolute atomic E-state index is 15.6. The van der Waals surface area contributed by atoms with Gasteiger partial charge in [0.05, 0.1) is 68.5 Å². The van der Waals surface area contributed by atoms with Crippen LogP contribution in [-0.4, -0.2) is 74.0 Å². The minimum absolute atomic E-state index is 0. The molecule has 26 heteroatoms. The number of carbonyl (C=O) groups excluding carboxylic acids is 2. The van der Waals surface area contributed by atoms with Gasteiger partial charge in [-0.15, -0.1) is 0 Å². The van der Waals surface area contributed by atoms with Gasteiger partial charge in [0.1, 0.15) is 16.0 Å². The Morgan fingerprint density at radius 3 is 1.36 bits per heavy atom. The van der Waals surface area contributed by atoms with Crippen LogP contribution in [0.15, 0.2) is 60.9 Å². The number of halogens is 9. The van der Waals surface area contributed by atoms with E-state index in [0.29, 0.717) is 23.5 Å². The van der Waals surface area contributed by atoms with Crippen molar-refractivity contribution in [3.8, 4) is 0 Å². The predicted molar refractivity (Wildman–Crippen MR) is 240 cm³/mol. The molecule has 0 unspecified atom stereocenters. The molecule has 0 radical (unpaired) electrons. The SMILES string of the molecule is C.CCCS(=O)(=O)Cl.CCCS(=O)(=O)N(c1cc(F)c(F)c(C(=O)c2ccc3ncc(Cl)nc3c2)c1F)S(=O)(=O)CCC.Nc1cc(F)c(F)c(C(=O)c2ccc3ncc(Cl)nc3c2)c1F. The molecule has 0 saturated carbocycles. The molecule has 6 aromatic rings. The van der Waals surface area contributed by atoms with Crippen molar-refractivity contribution in [2.45, 2.75) is 47.5 Å². The van der Waals surface area contributed by atoms with Crippen molar-refractivity contribution < 1.29 is 61.2 Å². The van der Waals surface area contributed by atoms with Crippen molar-refractivity contribution in [2.75, 3.05) is 26.7 Å². The molecule has 0 aliphatic heterocycles. The standard InChI is InChI=1S/C21H19ClF3N3O5S2.C15H7ClF3N3O.C3H7ClO2S.CH4/c1-3-7-34(30,31)28(35(32,33)8-4-2)16-10-13(23)19(24)18(20(16)25)21(29)12-5-6-14-15(9-12)27-17(22)11-26-14;16-11-5-21-9-2-1-6(3-10(9)22-11)15(23)12-13(18)7(17)4-8(20)14(12)19;1-2-3-7(4,5)6;/h5-6,9-11H,3-4,7-8H2,1-2H3;1-5H,20H2;2-3H2,1H3;1H4. The van der Waals surface area contributed by atoms with Crippen LogP contribution in [0.2, 0.25) is 10.3 Å². The number of aromatic nitrogens is 4. The van der Waals surface area contributed by atoms with Crippen LogP contribution in [0.4, 0.5) is 37.7 Å². The number of hydrogen-bond donors (Lipinski definition) is 1. The lowest BCUT2D eigenvalue weighted by molar-refractivity contribution is 0.102. The van der Waals surface area contributed by atoms with E-state index in [-0.39, 0.29) is 68.3 Å². The van der Waals surface area contributed by atoms with Gasteiger partial charge in [-0.2, -0.15) is 3.71 Å². The second kappa shape index (κ2) is 22.5. The molecule has 0 aliphatic carbocycles. The number of hydrogen-bond acceptors (Lipinski definition) is 13. The molecule has 66 heavy (non-hydrogen) atoms. The van der Waals surface area contributed by atoms with Crippen LogP contribution < -0.4 is 9.44 Å². The van der Waals surface area contributed by atoms with Crippen molar-refractivity contribution in [1.82, 2.24) is 19.9 Å². The smallest absolute Gasteiger partial charge is 0.248 e. The lowest BCUT2D eigenvalue weighted by Gasteiger charge is -2.25. The highest BCUT2D eigenvalue weighted by Gasteiger charge is 2.38. The number of ketones is 2. The Balaban J connectivity index is 0.000000319. The molecule has 2 heterocycles. The summed E-state index contributed by atoms with van der Waals surface area (Å²) in [6.07, 6.45) is 3.06. The van der Waals surface area contributed by atoms with Gasteiger partial charge >= 0.3 is 0 Å². The van der Waals surface area contributed by atoms with E-state index in [2.05, 4.69) is 19.9 Å². The summed E-state index contributed by atoms with van der Waals surface area (Å²) < 4.78 is 157. The van der Waals surface area contributed by atoms with Crippen LogP contribution in [0.5, 0.6) is 0 Å². The van der Waals surface area contributed by atoms with E-state index in [0.717, 1.165) is 12.1 Å². The van der Waals surface area contributed by atoms with Gasteiger partial charge in [0.25, 0.3) is 0 Å². The number of nitrogens with zero attached hydrogens (tertiary/aromatic N) is 5. The third-order valence-corrected chi connectivity index (χ3v) is 14.7. The lowest BCUT2D eigenvalue weighted by Crippen LogP contribution is -2.40. The molecule has 14 nitrogen and oxygen atoms in total. The van der Waals surface area contributed by atoms with E-state index in [9.17, 15) is 56.8 Å². The van der Waals surface area contributed by atoms with E-state index in [4.69, 9.17) is 39.6 Å². The zero-order chi connectivity index (χ0) is 48.8. The minimum Gasteiger partial charge on any atom is -0.396 e. The van der Waals surface area contributed by atoms with Gasteiger partial charge in [0, 0.05) is 33.9 Å². The first-order valence-electron chi connectivity index (χ1n) is 18.5. The van der Waals surface area contributed by atoms with Gasteiger partial charge in [0.15, 0.2) is 46.5 Å². The molecule has 0 spiro atoms. The average molecular weight is 1050 g/mol. The number of fused-ring (bicyclic) bond motifs is 2. The van der Waals surface area contributed by atoms with Crippen molar-refractivity contribution in [3.63, 3.8) is 0 Å². The largest absolute Gasteiger partial charge is 0.396 e. The van der Waals surface area contributed by atoms with E-state index < -0.39 is 110 Å². The Hall–Kier alpha value is -5.20. The number of sulfonamides is 2. The summed E-state index contributed by atoms with van der Waals surface area (Å²) in [5.74, 6) is -13.7. The van der Waals surface area contributed by atoms with Crippen molar-refractivity contribution in [1.29, 1.82) is 0 Å². The molecule has 4 aromatic carbocycles. The van der Waals surface area contributed by atoms with Gasteiger partial charge < -0.3 is 5.73 Å². The Labute approximate surface area is 389 Å². The molecule has 0 atom stereocenters. The van der Waals surface area contributed by atoms with Crippen LogP contribution >= 0.6 is 33.9 Å². The molecule has 2 N–H and O–H groups in total. The van der Waals surface area contributed by atoms with E-state index >= 15 is 4.39 Å². The first kappa shape index (κ1) is 55.1. The molecule has 0 amide bonds. The molecule has 356 valence electrons. The molecule has 0 fully saturated rings. The van der Waals surface area contributed by atoms with Gasteiger partial charge in [0.2, 0.25) is 29.1 Å². The van der Waals surface area contributed by atoms with Gasteiger partial charge in [-0.25, -0.2) is 61.6 Å². The Bertz CT molecular complexity index is 3120. The topological polar surface area (TPSA) is 217 Å². The minimum atomic E-state index is -4.73. The van der Waals surface area contributed by atoms with Crippen LogP contribution in [-0.2, 0) is 29.1 Å². The zero-order valence-corrected chi connectivity index (χ0v) is 38.4. The number of anilines is 2. The maximum Gasteiger partial charge on any atom is 0.248 e. The second-order valence-corrected chi connectivity index (χ2v) is 21.1. The first-order chi connectivity index (χ1) is 30.3. The van der Waals surface area contributed by atoms with Crippen molar-refractivity contribution >= 4 is 108 Å². The summed E-state index contributed by atoms with van der Waals surface area (Å²) in [4.78, 5) is 41.3. The van der Waals surface area contributed by atoms with Gasteiger partial charge in [-0.05, 0) is 55.7 Å². The summed E-state index contributed by atoms with van der Waals surface area (Å²) in [5, 5.41) is 0.0693. The van der Waals surface area contributed by atoms with E-state index in [1.165, 1.54) is 50.5 Å².